The first-order valence-electron chi connectivity index (χ1n) is 4.62. The van der Waals surface area contributed by atoms with Crippen molar-refractivity contribution in [2.24, 2.45) is 0 Å². The molecule has 0 fully saturated rings. The van der Waals surface area contributed by atoms with Gasteiger partial charge < -0.3 is 15.2 Å². The number of benzene rings is 1. The second-order valence-electron chi connectivity index (χ2n) is 3.76. The maximum Gasteiger partial charge on any atom is 0.405 e. The molecule has 0 heterocycles. The Morgan fingerprint density at radius 3 is 2.53 bits per heavy atom. The van der Waals surface area contributed by atoms with Crippen molar-refractivity contribution in [2.75, 3.05) is 7.11 Å². The molecule has 1 aromatic rings. The number of carbonyl (C=O) groups is 1. The Morgan fingerprint density at radius 1 is 1.40 bits per heavy atom. The summed E-state index contributed by atoms with van der Waals surface area (Å²) in [7, 11) is 1.57. The Hall–Kier alpha value is -1.71. The van der Waals surface area contributed by atoms with Gasteiger partial charge in [0, 0.05) is 5.56 Å². The summed E-state index contributed by atoms with van der Waals surface area (Å²) in [5, 5.41) is 11.2. The largest absolute Gasteiger partial charge is 0.496 e. The average molecular weight is 209 g/mol. The molecule has 0 saturated heterocycles. The van der Waals surface area contributed by atoms with E-state index in [1.807, 2.05) is 18.2 Å². The molecule has 2 N–H and O–H groups in total. The number of methoxy groups -OCH3 is 1. The van der Waals surface area contributed by atoms with E-state index in [-0.39, 0.29) is 0 Å². The smallest absolute Gasteiger partial charge is 0.405 e. The number of carboxylic acid groups (broad SMARTS) is 1. The van der Waals surface area contributed by atoms with Gasteiger partial charge in [-0.15, -0.1) is 0 Å². The molecular weight excluding hydrogens is 194 g/mol. The van der Waals surface area contributed by atoms with Crippen molar-refractivity contribution >= 4 is 6.09 Å². The summed E-state index contributed by atoms with van der Waals surface area (Å²) in [5.41, 5.74) is 0.147. The van der Waals surface area contributed by atoms with Crippen LogP contribution in [0, 0.1) is 0 Å². The topological polar surface area (TPSA) is 58.6 Å². The van der Waals surface area contributed by atoms with Crippen LogP contribution in [0.4, 0.5) is 4.79 Å². The van der Waals surface area contributed by atoms with E-state index in [1.165, 1.54) is 0 Å². The van der Waals surface area contributed by atoms with E-state index >= 15 is 0 Å². The lowest BCUT2D eigenvalue weighted by atomic mass is 9.93. The van der Waals surface area contributed by atoms with Crippen molar-refractivity contribution in [3.05, 3.63) is 29.8 Å². The van der Waals surface area contributed by atoms with Crippen LogP contribution in [-0.4, -0.2) is 18.3 Å². The zero-order chi connectivity index (χ0) is 11.5. The number of amides is 1. The number of nitrogens with one attached hydrogen (secondary N) is 1. The molecule has 15 heavy (non-hydrogen) atoms. The number of para-hydroxylation sites is 1. The Labute approximate surface area is 88.9 Å². The highest BCUT2D eigenvalue weighted by Gasteiger charge is 2.25. The first-order chi connectivity index (χ1) is 6.97. The van der Waals surface area contributed by atoms with E-state index in [1.54, 1.807) is 27.0 Å². The van der Waals surface area contributed by atoms with Crippen molar-refractivity contribution in [2.45, 2.75) is 19.4 Å². The Balaban J connectivity index is 3.07. The summed E-state index contributed by atoms with van der Waals surface area (Å²) in [5.74, 6) is 0.677. The highest BCUT2D eigenvalue weighted by atomic mass is 16.5. The third kappa shape index (κ3) is 2.62. The first-order valence-corrected chi connectivity index (χ1v) is 4.62. The van der Waals surface area contributed by atoms with Crippen LogP contribution in [0.25, 0.3) is 0 Å². The minimum atomic E-state index is -1.05. The van der Waals surface area contributed by atoms with E-state index in [9.17, 15) is 4.79 Å². The third-order valence-corrected chi connectivity index (χ3v) is 2.20. The monoisotopic (exact) mass is 209 g/mol. The van der Waals surface area contributed by atoms with E-state index in [0.717, 1.165) is 5.56 Å². The molecule has 0 radical (unpaired) electrons. The zero-order valence-electron chi connectivity index (χ0n) is 9.07. The van der Waals surface area contributed by atoms with Crippen LogP contribution in [0.2, 0.25) is 0 Å². The molecule has 0 spiro atoms. The van der Waals surface area contributed by atoms with E-state index in [0.29, 0.717) is 5.75 Å². The van der Waals surface area contributed by atoms with Crippen molar-refractivity contribution < 1.29 is 14.6 Å². The summed E-state index contributed by atoms with van der Waals surface area (Å²) >= 11 is 0. The Bertz CT molecular complexity index is 361. The van der Waals surface area contributed by atoms with Gasteiger partial charge in [-0.1, -0.05) is 18.2 Å². The molecule has 0 saturated carbocycles. The van der Waals surface area contributed by atoms with Crippen LogP contribution in [0.3, 0.4) is 0 Å². The molecule has 1 aromatic carbocycles. The van der Waals surface area contributed by atoms with Gasteiger partial charge in [0.25, 0.3) is 0 Å². The second kappa shape index (κ2) is 4.21. The predicted molar refractivity (Wildman–Crippen MR) is 57.2 cm³/mol. The van der Waals surface area contributed by atoms with E-state index < -0.39 is 11.6 Å². The number of rotatable bonds is 3. The summed E-state index contributed by atoms with van der Waals surface area (Å²) in [6.07, 6.45) is -1.05. The van der Waals surface area contributed by atoms with Crippen LogP contribution in [0.1, 0.15) is 19.4 Å². The van der Waals surface area contributed by atoms with Gasteiger partial charge in [-0.2, -0.15) is 0 Å². The minimum Gasteiger partial charge on any atom is -0.496 e. The fraction of sp³-hybridized carbons (Fsp3) is 0.364. The van der Waals surface area contributed by atoms with Gasteiger partial charge in [-0.3, -0.25) is 0 Å². The van der Waals surface area contributed by atoms with Gasteiger partial charge in [-0.05, 0) is 19.9 Å². The molecule has 82 valence electrons. The lowest BCUT2D eigenvalue weighted by Crippen LogP contribution is -2.40. The molecule has 0 aliphatic heterocycles. The average Bonchev–Trinajstić information content (AvgIpc) is 2.16. The van der Waals surface area contributed by atoms with Gasteiger partial charge in [0.15, 0.2) is 0 Å². The number of hydrogen-bond acceptors (Lipinski definition) is 2. The highest BCUT2D eigenvalue weighted by molar-refractivity contribution is 5.66. The van der Waals surface area contributed by atoms with Crippen molar-refractivity contribution in [1.82, 2.24) is 5.32 Å². The lowest BCUT2D eigenvalue weighted by Gasteiger charge is -2.26. The first kappa shape index (κ1) is 11.4. The molecule has 0 bridgehead atoms. The standard InChI is InChI=1S/C11H15NO3/c1-11(2,12-10(13)14)8-6-4-5-7-9(8)15-3/h4-7,12H,1-3H3,(H,13,14). The minimum absolute atomic E-state index is 0.668. The van der Waals surface area contributed by atoms with Crippen LogP contribution >= 0.6 is 0 Å². The Kier molecular flexibility index (Phi) is 3.19. The van der Waals surface area contributed by atoms with Gasteiger partial charge in [0.1, 0.15) is 5.75 Å². The van der Waals surface area contributed by atoms with Crippen LogP contribution in [0.15, 0.2) is 24.3 Å². The molecule has 0 aromatic heterocycles. The van der Waals surface area contributed by atoms with Gasteiger partial charge in [0.2, 0.25) is 0 Å². The molecule has 1 rings (SSSR count). The molecule has 0 atom stereocenters. The molecule has 4 nitrogen and oxygen atoms in total. The third-order valence-electron chi connectivity index (χ3n) is 2.20. The summed E-state index contributed by atoms with van der Waals surface area (Å²) < 4.78 is 5.18. The van der Waals surface area contributed by atoms with Crippen LogP contribution in [0.5, 0.6) is 5.75 Å². The second-order valence-corrected chi connectivity index (χ2v) is 3.76. The normalized spacial score (nSPS) is 10.9. The zero-order valence-corrected chi connectivity index (χ0v) is 9.07. The van der Waals surface area contributed by atoms with Crippen LogP contribution < -0.4 is 10.1 Å². The molecule has 0 aliphatic carbocycles. The van der Waals surface area contributed by atoms with Gasteiger partial charge in [0.05, 0.1) is 12.6 Å². The lowest BCUT2D eigenvalue weighted by molar-refractivity contribution is 0.181. The molecule has 4 heteroatoms. The predicted octanol–water partition coefficient (Wildman–Crippen LogP) is 2.20. The van der Waals surface area contributed by atoms with E-state index in [4.69, 9.17) is 9.84 Å². The highest BCUT2D eigenvalue weighted by Crippen LogP contribution is 2.28. The quantitative estimate of drug-likeness (QED) is 0.802. The molecule has 1 amide bonds. The maximum atomic E-state index is 10.6. The molecule has 0 unspecified atom stereocenters. The van der Waals surface area contributed by atoms with Crippen LogP contribution in [-0.2, 0) is 5.54 Å². The number of ether oxygens (including phenoxy) is 1. The number of hydrogen-bond donors (Lipinski definition) is 2. The van der Waals surface area contributed by atoms with E-state index in [2.05, 4.69) is 5.32 Å². The fourth-order valence-electron chi connectivity index (χ4n) is 1.50. The van der Waals surface area contributed by atoms with Crippen molar-refractivity contribution in [1.29, 1.82) is 0 Å². The SMILES string of the molecule is COc1ccccc1C(C)(C)NC(=O)O. The fourth-order valence-corrected chi connectivity index (χ4v) is 1.50. The summed E-state index contributed by atoms with van der Waals surface area (Å²) in [4.78, 5) is 10.6. The van der Waals surface area contributed by atoms with Gasteiger partial charge in [-0.25, -0.2) is 4.79 Å². The molecular formula is C11H15NO3. The van der Waals surface area contributed by atoms with Gasteiger partial charge >= 0.3 is 6.09 Å². The summed E-state index contributed by atoms with van der Waals surface area (Å²) in [6.45, 7) is 3.58. The van der Waals surface area contributed by atoms with Crippen molar-refractivity contribution in [3.8, 4) is 5.75 Å². The molecule has 0 aliphatic rings. The van der Waals surface area contributed by atoms with Crippen molar-refractivity contribution in [3.63, 3.8) is 0 Å². The summed E-state index contributed by atoms with van der Waals surface area (Å²) in [6, 6.07) is 7.34. The Morgan fingerprint density at radius 2 is 2.00 bits per heavy atom. The maximum absolute atomic E-state index is 10.6.